The Hall–Kier alpha value is -0.630. The lowest BCUT2D eigenvalue weighted by Crippen LogP contribution is -2.38. The zero-order chi connectivity index (χ0) is 13.1. The van der Waals surface area contributed by atoms with Gasteiger partial charge in [0.15, 0.2) is 5.03 Å². The molecule has 18 heavy (non-hydrogen) atoms. The number of likely N-dealkylation sites (N-methyl/N-ethyl adjacent to an activating group) is 1. The van der Waals surface area contributed by atoms with E-state index in [9.17, 15) is 8.42 Å². The molecule has 1 atom stereocenters. The lowest BCUT2D eigenvalue weighted by atomic mass is 10.3. The zero-order valence-electron chi connectivity index (χ0n) is 11.1. The van der Waals surface area contributed by atoms with Crippen LogP contribution in [0.25, 0.3) is 0 Å². The molecule has 1 heterocycles. The molecule has 0 bridgehead atoms. The summed E-state index contributed by atoms with van der Waals surface area (Å²) < 4.78 is 28.0. The van der Waals surface area contributed by atoms with Crippen LogP contribution in [-0.2, 0) is 17.1 Å². The van der Waals surface area contributed by atoms with Gasteiger partial charge in [-0.05, 0) is 20.4 Å². The monoisotopic (exact) mass is 296 g/mol. The highest BCUT2D eigenvalue weighted by molar-refractivity contribution is 7.89. The SMILES string of the molecule is CCN[C@H](C)CNS(=O)(=O)c1cn(C)c(C)n1.Cl. The van der Waals surface area contributed by atoms with Crippen molar-refractivity contribution in [3.05, 3.63) is 12.0 Å². The Morgan fingerprint density at radius 3 is 2.56 bits per heavy atom. The number of imidazole rings is 1. The zero-order valence-corrected chi connectivity index (χ0v) is 12.7. The summed E-state index contributed by atoms with van der Waals surface area (Å²) in [5, 5.41) is 3.20. The second-order valence-electron chi connectivity index (χ2n) is 4.05. The van der Waals surface area contributed by atoms with Crippen LogP contribution in [0.15, 0.2) is 11.2 Å². The van der Waals surface area contributed by atoms with Gasteiger partial charge in [-0.15, -0.1) is 12.4 Å². The molecule has 0 aliphatic heterocycles. The van der Waals surface area contributed by atoms with Crippen molar-refractivity contribution < 1.29 is 8.42 Å². The van der Waals surface area contributed by atoms with Gasteiger partial charge < -0.3 is 9.88 Å². The van der Waals surface area contributed by atoms with Crippen molar-refractivity contribution in [2.24, 2.45) is 7.05 Å². The topological polar surface area (TPSA) is 76.0 Å². The fourth-order valence-electron chi connectivity index (χ4n) is 1.39. The van der Waals surface area contributed by atoms with Gasteiger partial charge in [-0.25, -0.2) is 18.1 Å². The molecule has 0 spiro atoms. The number of aryl methyl sites for hydroxylation is 2. The summed E-state index contributed by atoms with van der Waals surface area (Å²) in [6.45, 7) is 6.83. The molecule has 0 saturated heterocycles. The molecule has 8 heteroatoms. The molecule has 106 valence electrons. The van der Waals surface area contributed by atoms with Gasteiger partial charge in [0.05, 0.1) is 0 Å². The molecule has 0 radical (unpaired) electrons. The smallest absolute Gasteiger partial charge is 0.259 e. The summed E-state index contributed by atoms with van der Waals surface area (Å²) >= 11 is 0. The van der Waals surface area contributed by atoms with Crippen LogP contribution in [0.4, 0.5) is 0 Å². The Balaban J connectivity index is 0.00000289. The minimum atomic E-state index is -3.50. The van der Waals surface area contributed by atoms with Crippen LogP contribution in [0.3, 0.4) is 0 Å². The van der Waals surface area contributed by atoms with Crippen molar-refractivity contribution in [2.45, 2.75) is 31.8 Å². The fourth-order valence-corrected chi connectivity index (χ4v) is 2.55. The first kappa shape index (κ1) is 17.4. The van der Waals surface area contributed by atoms with E-state index >= 15 is 0 Å². The third-order valence-electron chi connectivity index (χ3n) is 2.49. The largest absolute Gasteiger partial charge is 0.337 e. The molecule has 1 aromatic rings. The van der Waals surface area contributed by atoms with E-state index in [0.717, 1.165) is 6.54 Å². The number of aromatic nitrogens is 2. The second kappa shape index (κ2) is 7.08. The van der Waals surface area contributed by atoms with Gasteiger partial charge in [0.25, 0.3) is 10.0 Å². The van der Waals surface area contributed by atoms with Crippen molar-refractivity contribution in [2.75, 3.05) is 13.1 Å². The van der Waals surface area contributed by atoms with E-state index in [4.69, 9.17) is 0 Å². The van der Waals surface area contributed by atoms with Crippen molar-refractivity contribution >= 4 is 22.4 Å². The molecular formula is C10H21ClN4O2S. The van der Waals surface area contributed by atoms with E-state index in [2.05, 4.69) is 15.0 Å². The van der Waals surface area contributed by atoms with E-state index in [-0.39, 0.29) is 23.5 Å². The minimum absolute atomic E-state index is 0. The number of hydrogen-bond donors (Lipinski definition) is 2. The lowest BCUT2D eigenvalue weighted by Gasteiger charge is -2.12. The maximum Gasteiger partial charge on any atom is 0.259 e. The van der Waals surface area contributed by atoms with Gasteiger partial charge in [-0.3, -0.25) is 0 Å². The molecule has 0 aliphatic rings. The summed E-state index contributed by atoms with van der Waals surface area (Å²) in [6.07, 6.45) is 1.51. The van der Waals surface area contributed by atoms with E-state index in [1.165, 1.54) is 6.20 Å². The molecule has 0 fully saturated rings. The van der Waals surface area contributed by atoms with Gasteiger partial charge in [-0.1, -0.05) is 6.92 Å². The summed E-state index contributed by atoms with van der Waals surface area (Å²) in [5.41, 5.74) is 0. The number of rotatable bonds is 6. The number of nitrogens with one attached hydrogen (secondary N) is 2. The average Bonchev–Trinajstić information content (AvgIpc) is 2.58. The van der Waals surface area contributed by atoms with Crippen molar-refractivity contribution in [1.82, 2.24) is 19.6 Å². The van der Waals surface area contributed by atoms with Gasteiger partial charge in [0.1, 0.15) is 5.82 Å². The van der Waals surface area contributed by atoms with E-state index in [0.29, 0.717) is 12.4 Å². The first-order chi connectivity index (χ1) is 7.86. The highest BCUT2D eigenvalue weighted by Gasteiger charge is 2.18. The summed E-state index contributed by atoms with van der Waals surface area (Å²) in [4.78, 5) is 4.00. The van der Waals surface area contributed by atoms with E-state index in [1.54, 1.807) is 18.5 Å². The third-order valence-corrected chi connectivity index (χ3v) is 3.79. The van der Waals surface area contributed by atoms with Crippen LogP contribution < -0.4 is 10.0 Å². The van der Waals surface area contributed by atoms with Crippen LogP contribution in [0.1, 0.15) is 19.7 Å². The number of sulfonamides is 1. The average molecular weight is 297 g/mol. The fraction of sp³-hybridized carbons (Fsp3) is 0.700. The van der Waals surface area contributed by atoms with Crippen LogP contribution in [0.2, 0.25) is 0 Å². The van der Waals surface area contributed by atoms with Gasteiger partial charge in [0, 0.05) is 25.8 Å². The molecular weight excluding hydrogens is 276 g/mol. The van der Waals surface area contributed by atoms with Crippen LogP contribution in [-0.4, -0.2) is 37.1 Å². The van der Waals surface area contributed by atoms with Crippen LogP contribution >= 0.6 is 12.4 Å². The van der Waals surface area contributed by atoms with Crippen molar-refractivity contribution in [1.29, 1.82) is 0 Å². The predicted molar refractivity (Wildman–Crippen MR) is 73.5 cm³/mol. The normalized spacial score (nSPS) is 13.1. The molecule has 0 unspecified atom stereocenters. The molecule has 0 saturated carbocycles. The van der Waals surface area contributed by atoms with E-state index < -0.39 is 10.0 Å². The molecule has 0 aromatic carbocycles. The Morgan fingerprint density at radius 2 is 2.11 bits per heavy atom. The van der Waals surface area contributed by atoms with Crippen molar-refractivity contribution in [3.8, 4) is 0 Å². The molecule has 1 aromatic heterocycles. The quantitative estimate of drug-likeness (QED) is 0.798. The molecule has 0 amide bonds. The van der Waals surface area contributed by atoms with Gasteiger partial charge in [0.2, 0.25) is 0 Å². The highest BCUT2D eigenvalue weighted by atomic mass is 35.5. The molecule has 6 nitrogen and oxygen atoms in total. The van der Waals surface area contributed by atoms with E-state index in [1.807, 2.05) is 13.8 Å². The maximum atomic E-state index is 11.9. The Bertz CT molecular complexity index is 453. The summed E-state index contributed by atoms with van der Waals surface area (Å²) in [7, 11) is -1.73. The van der Waals surface area contributed by atoms with Gasteiger partial charge >= 0.3 is 0 Å². The second-order valence-corrected chi connectivity index (χ2v) is 5.76. The number of halogens is 1. The predicted octanol–water partition coefficient (Wildman–Crippen LogP) is 0.427. The van der Waals surface area contributed by atoms with Gasteiger partial charge in [-0.2, -0.15) is 0 Å². The number of hydrogen-bond acceptors (Lipinski definition) is 4. The Labute approximate surface area is 115 Å². The van der Waals surface area contributed by atoms with Crippen LogP contribution in [0, 0.1) is 6.92 Å². The molecule has 0 aliphatic carbocycles. The van der Waals surface area contributed by atoms with Crippen LogP contribution in [0.5, 0.6) is 0 Å². The maximum absolute atomic E-state index is 11.9. The first-order valence-corrected chi connectivity index (χ1v) is 7.08. The Morgan fingerprint density at radius 1 is 1.50 bits per heavy atom. The summed E-state index contributed by atoms with van der Waals surface area (Å²) in [6, 6.07) is 0.0968. The number of nitrogens with zero attached hydrogens (tertiary/aromatic N) is 2. The summed E-state index contributed by atoms with van der Waals surface area (Å²) in [5.74, 6) is 0.671. The molecule has 1 rings (SSSR count). The third kappa shape index (κ3) is 4.56. The highest BCUT2D eigenvalue weighted by Crippen LogP contribution is 2.07. The first-order valence-electron chi connectivity index (χ1n) is 5.59. The standard InChI is InChI=1S/C10H20N4O2S.ClH/c1-5-11-8(2)6-12-17(15,16)10-7-14(4)9(3)13-10;/h7-8,11-12H,5-6H2,1-4H3;1H/t8-;/m1./s1. The minimum Gasteiger partial charge on any atom is -0.337 e. The lowest BCUT2D eigenvalue weighted by molar-refractivity contribution is 0.534. The molecule has 2 N–H and O–H groups in total. The van der Waals surface area contributed by atoms with Crippen molar-refractivity contribution in [3.63, 3.8) is 0 Å². The Kier molecular flexibility index (Phi) is 6.83.